The number of aromatic nitrogens is 2. The summed E-state index contributed by atoms with van der Waals surface area (Å²) in [6.07, 6.45) is 1.86. The molecule has 4 heteroatoms. The number of anilines is 1. The maximum atomic E-state index is 4.74. The maximum Gasteiger partial charge on any atom is 0.0689 e. The minimum absolute atomic E-state index is 0.959. The van der Waals surface area contributed by atoms with Crippen molar-refractivity contribution in [3.63, 3.8) is 0 Å². The highest BCUT2D eigenvalue weighted by molar-refractivity contribution is 5.94. The van der Waals surface area contributed by atoms with Crippen molar-refractivity contribution in [2.75, 3.05) is 5.43 Å². The molecule has 0 aliphatic carbocycles. The number of nitrogens with one attached hydrogen (secondary N) is 1. The molecule has 0 saturated carbocycles. The molecule has 0 atom stereocenters. The van der Waals surface area contributed by atoms with Crippen LogP contribution in [-0.2, 0) is 0 Å². The average molecular weight is 368 g/mol. The van der Waals surface area contributed by atoms with Crippen LogP contribution >= 0.6 is 0 Å². The van der Waals surface area contributed by atoms with Gasteiger partial charge in [-0.3, -0.25) is 5.43 Å². The number of nitrogens with zero attached hydrogens (tertiary/aromatic N) is 3. The van der Waals surface area contributed by atoms with Crippen molar-refractivity contribution in [2.24, 2.45) is 5.10 Å². The Morgan fingerprint density at radius 3 is 2.54 bits per heavy atom. The molecule has 28 heavy (non-hydrogen) atoms. The molecule has 1 aromatic heterocycles. The molecule has 0 saturated heterocycles. The zero-order valence-corrected chi connectivity index (χ0v) is 16.7. The van der Waals surface area contributed by atoms with Gasteiger partial charge in [-0.15, -0.1) is 0 Å². The quantitative estimate of drug-likeness (QED) is 0.370. The summed E-state index contributed by atoms with van der Waals surface area (Å²) in [5.74, 6) is 0. The molecule has 0 unspecified atom stereocenters. The summed E-state index contributed by atoms with van der Waals surface area (Å²) >= 11 is 0. The minimum atomic E-state index is 0.959. The molecule has 0 amide bonds. The van der Waals surface area contributed by atoms with Crippen LogP contribution < -0.4 is 5.43 Å². The second kappa shape index (κ2) is 7.31. The number of hydrogen-bond acceptors (Lipinski definition) is 3. The third kappa shape index (κ3) is 3.29. The van der Waals surface area contributed by atoms with Crippen molar-refractivity contribution in [1.82, 2.24) is 9.78 Å². The van der Waals surface area contributed by atoms with Crippen LogP contribution in [0.1, 0.15) is 28.1 Å². The summed E-state index contributed by atoms with van der Waals surface area (Å²) in [5.41, 5.74) is 10.8. The van der Waals surface area contributed by atoms with E-state index >= 15 is 0 Å². The van der Waals surface area contributed by atoms with Gasteiger partial charge in [0.15, 0.2) is 0 Å². The fourth-order valence-corrected chi connectivity index (χ4v) is 3.61. The summed E-state index contributed by atoms with van der Waals surface area (Å²) in [4.78, 5) is 0. The second-order valence-electron chi connectivity index (χ2n) is 7.18. The Morgan fingerprint density at radius 1 is 0.929 bits per heavy atom. The van der Waals surface area contributed by atoms with E-state index in [-0.39, 0.29) is 0 Å². The summed E-state index contributed by atoms with van der Waals surface area (Å²) in [5, 5.41) is 11.6. The van der Waals surface area contributed by atoms with E-state index in [1.54, 1.807) is 0 Å². The Balaban J connectivity index is 1.64. The Hall–Kier alpha value is -3.40. The molecule has 0 bridgehead atoms. The highest BCUT2D eigenvalue weighted by atomic mass is 15.3. The second-order valence-corrected chi connectivity index (χ2v) is 7.18. The van der Waals surface area contributed by atoms with E-state index in [9.17, 15) is 0 Å². The summed E-state index contributed by atoms with van der Waals surface area (Å²) < 4.78 is 2.00. The predicted octanol–water partition coefficient (Wildman–Crippen LogP) is 5.71. The van der Waals surface area contributed by atoms with Gasteiger partial charge in [0, 0.05) is 10.9 Å². The van der Waals surface area contributed by atoms with Crippen molar-refractivity contribution in [3.8, 4) is 5.69 Å². The average Bonchev–Trinajstić information content (AvgIpc) is 2.96. The molecular weight excluding hydrogens is 344 g/mol. The lowest BCUT2D eigenvalue weighted by molar-refractivity contribution is 0.827. The molecule has 0 aliphatic rings. The first-order valence-corrected chi connectivity index (χ1v) is 9.45. The Kier molecular flexibility index (Phi) is 4.70. The first kappa shape index (κ1) is 18.0. The van der Waals surface area contributed by atoms with Crippen LogP contribution in [0.15, 0.2) is 65.8 Å². The van der Waals surface area contributed by atoms with Gasteiger partial charge in [-0.05, 0) is 50.8 Å². The van der Waals surface area contributed by atoms with E-state index in [4.69, 9.17) is 5.10 Å². The number of benzene rings is 3. The third-order valence-electron chi connectivity index (χ3n) is 5.10. The van der Waals surface area contributed by atoms with Crippen molar-refractivity contribution < 1.29 is 0 Å². The van der Waals surface area contributed by atoms with Crippen molar-refractivity contribution in [2.45, 2.75) is 27.7 Å². The van der Waals surface area contributed by atoms with Gasteiger partial charge in [0.05, 0.1) is 29.0 Å². The normalized spacial score (nSPS) is 11.4. The van der Waals surface area contributed by atoms with Crippen LogP contribution in [0.4, 0.5) is 5.69 Å². The summed E-state index contributed by atoms with van der Waals surface area (Å²) in [6.45, 7) is 8.33. The lowest BCUT2D eigenvalue weighted by Crippen LogP contribution is -2.02. The van der Waals surface area contributed by atoms with E-state index in [0.717, 1.165) is 33.7 Å². The lowest BCUT2D eigenvalue weighted by Gasteiger charge is -2.09. The minimum Gasteiger partial charge on any atom is -0.278 e. The zero-order chi connectivity index (χ0) is 19.7. The highest BCUT2D eigenvalue weighted by Crippen LogP contribution is 2.23. The van der Waals surface area contributed by atoms with E-state index in [0.29, 0.717) is 0 Å². The van der Waals surface area contributed by atoms with Crippen LogP contribution in [-0.4, -0.2) is 16.0 Å². The number of fused-ring (bicyclic) bond motifs is 1. The van der Waals surface area contributed by atoms with Crippen molar-refractivity contribution >= 4 is 22.7 Å². The van der Waals surface area contributed by atoms with E-state index in [2.05, 4.69) is 67.7 Å². The van der Waals surface area contributed by atoms with Gasteiger partial charge in [-0.25, -0.2) is 4.68 Å². The Labute approximate surface area is 165 Å². The number of hydrazone groups is 1. The first-order chi connectivity index (χ1) is 13.5. The Morgan fingerprint density at radius 2 is 1.71 bits per heavy atom. The SMILES string of the molecule is Cc1ccc(-n2nc(C)c(/C=N\Nc3cccc4ccccc34)c2C)c(C)c1. The molecule has 1 heterocycles. The van der Waals surface area contributed by atoms with Gasteiger partial charge >= 0.3 is 0 Å². The lowest BCUT2D eigenvalue weighted by atomic mass is 10.1. The molecule has 4 rings (SSSR count). The molecule has 1 N–H and O–H groups in total. The zero-order valence-electron chi connectivity index (χ0n) is 16.7. The molecule has 4 aromatic rings. The number of aryl methyl sites for hydroxylation is 3. The fourth-order valence-electron chi connectivity index (χ4n) is 3.61. The van der Waals surface area contributed by atoms with Gasteiger partial charge in [0.1, 0.15) is 0 Å². The van der Waals surface area contributed by atoms with Gasteiger partial charge in [0.2, 0.25) is 0 Å². The molecule has 4 nitrogen and oxygen atoms in total. The molecule has 0 aliphatic heterocycles. The number of rotatable bonds is 4. The monoisotopic (exact) mass is 368 g/mol. The van der Waals surface area contributed by atoms with Crippen LogP contribution in [0.3, 0.4) is 0 Å². The smallest absolute Gasteiger partial charge is 0.0689 e. The van der Waals surface area contributed by atoms with Crippen LogP contribution in [0.2, 0.25) is 0 Å². The predicted molar refractivity (Wildman–Crippen MR) is 118 cm³/mol. The maximum absolute atomic E-state index is 4.74. The van der Waals surface area contributed by atoms with E-state index in [1.807, 2.05) is 42.1 Å². The van der Waals surface area contributed by atoms with Gasteiger partial charge in [0.25, 0.3) is 0 Å². The van der Waals surface area contributed by atoms with Crippen LogP contribution in [0.25, 0.3) is 16.5 Å². The topological polar surface area (TPSA) is 42.2 Å². The third-order valence-corrected chi connectivity index (χ3v) is 5.10. The first-order valence-electron chi connectivity index (χ1n) is 9.45. The van der Waals surface area contributed by atoms with Gasteiger partial charge in [-0.1, -0.05) is 54.1 Å². The largest absolute Gasteiger partial charge is 0.278 e. The molecule has 0 radical (unpaired) electrons. The standard InChI is InChI=1S/C24H24N4/c1-16-12-13-24(17(2)14-16)28-19(4)22(18(3)27-28)15-25-26-23-11-7-9-20-8-5-6-10-21(20)23/h5-15,26H,1-4H3/b25-15-. The van der Waals surface area contributed by atoms with Gasteiger partial charge in [-0.2, -0.15) is 10.2 Å². The fraction of sp³-hybridized carbons (Fsp3) is 0.167. The van der Waals surface area contributed by atoms with Gasteiger partial charge < -0.3 is 0 Å². The van der Waals surface area contributed by atoms with Crippen molar-refractivity contribution in [1.29, 1.82) is 0 Å². The summed E-state index contributed by atoms with van der Waals surface area (Å²) in [7, 11) is 0. The van der Waals surface area contributed by atoms with Crippen LogP contribution in [0.5, 0.6) is 0 Å². The molecule has 3 aromatic carbocycles. The highest BCUT2D eigenvalue weighted by Gasteiger charge is 2.13. The molecule has 140 valence electrons. The Bertz CT molecular complexity index is 1180. The van der Waals surface area contributed by atoms with E-state index in [1.165, 1.54) is 16.5 Å². The van der Waals surface area contributed by atoms with Crippen LogP contribution in [0, 0.1) is 27.7 Å². The number of hydrogen-bond donors (Lipinski definition) is 1. The molecular formula is C24H24N4. The summed E-state index contributed by atoms with van der Waals surface area (Å²) in [6, 6.07) is 20.9. The molecule has 0 spiro atoms. The molecule has 0 fully saturated rings. The van der Waals surface area contributed by atoms with Crippen molar-refractivity contribution in [3.05, 3.63) is 88.7 Å². The van der Waals surface area contributed by atoms with E-state index < -0.39 is 0 Å².